The van der Waals surface area contributed by atoms with Crippen molar-refractivity contribution in [3.8, 4) is 11.6 Å². The van der Waals surface area contributed by atoms with Crippen LogP contribution in [0.1, 0.15) is 29.2 Å². The average Bonchev–Trinajstić information content (AvgIpc) is 3.10. The van der Waals surface area contributed by atoms with Gasteiger partial charge < -0.3 is 20.1 Å². The van der Waals surface area contributed by atoms with E-state index < -0.39 is 0 Å². The standard InChI is InChI=1S/C21H22N6O3/c1-13-20-16(14-2-4-15(28)5-3-14)12-19(29)22-21(20)27(25-13)18-7-6-17(23-24-18)26-8-10-30-11-9-26/h2-7,16,28H,8-12H2,1H3,(H,22,29). The fraction of sp³-hybridized carbons (Fsp3) is 0.333. The fourth-order valence-corrected chi connectivity index (χ4v) is 4.10. The number of aromatic hydroxyl groups is 1. The molecule has 3 aromatic rings. The molecule has 1 atom stereocenters. The number of amides is 1. The Kier molecular flexibility index (Phi) is 4.59. The molecule has 30 heavy (non-hydrogen) atoms. The molecule has 1 saturated heterocycles. The highest BCUT2D eigenvalue weighted by atomic mass is 16.5. The molecule has 0 bridgehead atoms. The van der Waals surface area contributed by atoms with E-state index in [4.69, 9.17) is 4.74 Å². The second-order valence-electron chi connectivity index (χ2n) is 7.51. The number of carbonyl (C=O) groups is 1. The van der Waals surface area contributed by atoms with Crippen molar-refractivity contribution in [2.24, 2.45) is 0 Å². The first-order valence-corrected chi connectivity index (χ1v) is 9.95. The van der Waals surface area contributed by atoms with Gasteiger partial charge in [-0.1, -0.05) is 12.1 Å². The Morgan fingerprint density at radius 2 is 1.77 bits per heavy atom. The molecule has 4 heterocycles. The van der Waals surface area contributed by atoms with Gasteiger partial charge in [-0.3, -0.25) is 4.79 Å². The number of carbonyl (C=O) groups excluding carboxylic acids is 1. The van der Waals surface area contributed by atoms with Gasteiger partial charge in [0, 0.05) is 31.0 Å². The molecular formula is C21H22N6O3. The summed E-state index contributed by atoms with van der Waals surface area (Å²) in [7, 11) is 0. The van der Waals surface area contributed by atoms with Crippen LogP contribution in [0.15, 0.2) is 36.4 Å². The van der Waals surface area contributed by atoms with Gasteiger partial charge in [0.05, 0.1) is 18.9 Å². The summed E-state index contributed by atoms with van der Waals surface area (Å²) >= 11 is 0. The van der Waals surface area contributed by atoms with Gasteiger partial charge in [0.15, 0.2) is 11.6 Å². The predicted octanol–water partition coefficient (Wildman–Crippen LogP) is 1.99. The number of anilines is 2. The number of aromatic nitrogens is 4. The van der Waals surface area contributed by atoms with Gasteiger partial charge in [0.2, 0.25) is 5.91 Å². The lowest BCUT2D eigenvalue weighted by Crippen LogP contribution is -2.36. The lowest BCUT2D eigenvalue weighted by molar-refractivity contribution is -0.116. The summed E-state index contributed by atoms with van der Waals surface area (Å²) in [5.74, 6) is 1.94. The molecule has 154 valence electrons. The van der Waals surface area contributed by atoms with E-state index in [2.05, 4.69) is 25.5 Å². The largest absolute Gasteiger partial charge is 0.508 e. The number of nitrogens with one attached hydrogen (secondary N) is 1. The van der Waals surface area contributed by atoms with Crippen molar-refractivity contribution in [2.45, 2.75) is 19.3 Å². The number of phenols is 1. The van der Waals surface area contributed by atoms with Crippen LogP contribution in [0.4, 0.5) is 11.6 Å². The van der Waals surface area contributed by atoms with Gasteiger partial charge in [0.25, 0.3) is 0 Å². The molecule has 1 aromatic carbocycles. The van der Waals surface area contributed by atoms with E-state index in [-0.39, 0.29) is 17.6 Å². The van der Waals surface area contributed by atoms with Crippen molar-refractivity contribution >= 4 is 17.5 Å². The second-order valence-corrected chi connectivity index (χ2v) is 7.51. The average molecular weight is 406 g/mol. The minimum absolute atomic E-state index is 0.0837. The molecule has 1 amide bonds. The third-order valence-electron chi connectivity index (χ3n) is 5.59. The number of fused-ring (bicyclic) bond motifs is 1. The Labute approximate surface area is 173 Å². The zero-order valence-electron chi connectivity index (χ0n) is 16.6. The van der Waals surface area contributed by atoms with E-state index in [1.54, 1.807) is 16.8 Å². The Morgan fingerprint density at radius 3 is 2.47 bits per heavy atom. The number of benzene rings is 1. The van der Waals surface area contributed by atoms with Crippen molar-refractivity contribution in [1.29, 1.82) is 0 Å². The van der Waals surface area contributed by atoms with Gasteiger partial charge in [-0.15, -0.1) is 10.2 Å². The highest BCUT2D eigenvalue weighted by molar-refractivity contribution is 5.95. The predicted molar refractivity (Wildman–Crippen MR) is 110 cm³/mol. The molecule has 9 nitrogen and oxygen atoms in total. The van der Waals surface area contributed by atoms with Gasteiger partial charge in [-0.2, -0.15) is 9.78 Å². The number of nitrogens with zero attached hydrogens (tertiary/aromatic N) is 5. The molecule has 2 aliphatic heterocycles. The summed E-state index contributed by atoms with van der Waals surface area (Å²) in [5, 5.41) is 25.9. The van der Waals surface area contributed by atoms with Crippen LogP contribution in [0.5, 0.6) is 5.75 Å². The van der Waals surface area contributed by atoms with Gasteiger partial charge in [-0.05, 0) is 36.8 Å². The van der Waals surface area contributed by atoms with Crippen molar-refractivity contribution in [3.05, 3.63) is 53.2 Å². The molecule has 0 radical (unpaired) electrons. The number of hydrogen-bond donors (Lipinski definition) is 2. The van der Waals surface area contributed by atoms with Crippen LogP contribution in [0.3, 0.4) is 0 Å². The summed E-state index contributed by atoms with van der Waals surface area (Å²) in [4.78, 5) is 14.6. The molecular weight excluding hydrogens is 384 g/mol. The Balaban J connectivity index is 1.51. The van der Waals surface area contributed by atoms with E-state index in [9.17, 15) is 9.90 Å². The Hall–Kier alpha value is -3.46. The van der Waals surface area contributed by atoms with Crippen LogP contribution < -0.4 is 10.2 Å². The molecule has 2 aliphatic rings. The molecule has 2 N–H and O–H groups in total. The number of rotatable bonds is 3. The lowest BCUT2D eigenvalue weighted by Gasteiger charge is -2.27. The molecule has 1 unspecified atom stereocenters. The van der Waals surface area contributed by atoms with E-state index in [0.29, 0.717) is 31.3 Å². The van der Waals surface area contributed by atoms with E-state index in [1.807, 2.05) is 31.2 Å². The van der Waals surface area contributed by atoms with Crippen LogP contribution in [0.25, 0.3) is 5.82 Å². The maximum atomic E-state index is 12.5. The summed E-state index contributed by atoms with van der Waals surface area (Å²) in [6, 6.07) is 10.7. The summed E-state index contributed by atoms with van der Waals surface area (Å²) in [6.07, 6.45) is 0.325. The van der Waals surface area contributed by atoms with Gasteiger partial charge in [0.1, 0.15) is 11.6 Å². The minimum Gasteiger partial charge on any atom is -0.508 e. The number of aryl methyl sites for hydroxylation is 1. The maximum absolute atomic E-state index is 12.5. The minimum atomic E-state index is -0.135. The fourth-order valence-electron chi connectivity index (χ4n) is 4.10. The van der Waals surface area contributed by atoms with Gasteiger partial charge in [-0.25, -0.2) is 0 Å². The van der Waals surface area contributed by atoms with Crippen LogP contribution >= 0.6 is 0 Å². The maximum Gasteiger partial charge on any atom is 0.226 e. The first kappa shape index (κ1) is 18.6. The monoisotopic (exact) mass is 406 g/mol. The Bertz CT molecular complexity index is 1070. The molecule has 9 heteroatoms. The van der Waals surface area contributed by atoms with Crippen LogP contribution in [0, 0.1) is 6.92 Å². The number of morpholine rings is 1. The number of hydrogen-bond acceptors (Lipinski definition) is 7. The second kappa shape index (κ2) is 7.42. The Morgan fingerprint density at radius 1 is 1.07 bits per heavy atom. The SMILES string of the molecule is Cc1nn(-c2ccc(N3CCOCC3)nn2)c2c1C(c1ccc(O)cc1)CC(=O)N2. The number of ether oxygens (including phenoxy) is 1. The first-order chi connectivity index (χ1) is 14.6. The zero-order valence-corrected chi connectivity index (χ0v) is 16.6. The van der Waals surface area contributed by atoms with Crippen LogP contribution in [-0.4, -0.2) is 57.3 Å². The smallest absolute Gasteiger partial charge is 0.226 e. The van der Waals surface area contributed by atoms with Crippen molar-refractivity contribution in [3.63, 3.8) is 0 Å². The molecule has 5 rings (SSSR count). The lowest BCUT2D eigenvalue weighted by atomic mass is 9.86. The highest BCUT2D eigenvalue weighted by Gasteiger charge is 2.33. The number of phenolic OH excluding ortho intramolecular Hbond substituents is 1. The normalized spacial score (nSPS) is 18.8. The summed E-state index contributed by atoms with van der Waals surface area (Å²) in [6.45, 7) is 4.86. The highest BCUT2D eigenvalue weighted by Crippen LogP contribution is 2.40. The summed E-state index contributed by atoms with van der Waals surface area (Å²) in [5.41, 5.74) is 2.74. The van der Waals surface area contributed by atoms with E-state index >= 15 is 0 Å². The van der Waals surface area contributed by atoms with Crippen molar-refractivity contribution in [2.75, 3.05) is 36.5 Å². The molecule has 1 fully saturated rings. The zero-order chi connectivity index (χ0) is 20.7. The third kappa shape index (κ3) is 3.26. The quantitative estimate of drug-likeness (QED) is 0.685. The topological polar surface area (TPSA) is 105 Å². The van der Waals surface area contributed by atoms with Crippen LogP contribution in [0.2, 0.25) is 0 Å². The third-order valence-corrected chi connectivity index (χ3v) is 5.59. The first-order valence-electron chi connectivity index (χ1n) is 9.95. The molecule has 0 saturated carbocycles. The van der Waals surface area contributed by atoms with Crippen molar-refractivity contribution in [1.82, 2.24) is 20.0 Å². The van der Waals surface area contributed by atoms with E-state index in [1.165, 1.54) is 0 Å². The van der Waals surface area contributed by atoms with Crippen molar-refractivity contribution < 1.29 is 14.6 Å². The summed E-state index contributed by atoms with van der Waals surface area (Å²) < 4.78 is 7.03. The molecule has 2 aromatic heterocycles. The molecule has 0 aliphatic carbocycles. The van der Waals surface area contributed by atoms with E-state index in [0.717, 1.165) is 35.7 Å². The van der Waals surface area contributed by atoms with Crippen LogP contribution in [-0.2, 0) is 9.53 Å². The van der Waals surface area contributed by atoms with Gasteiger partial charge >= 0.3 is 0 Å². The molecule has 0 spiro atoms.